The van der Waals surface area contributed by atoms with Crippen LogP contribution in [0.15, 0.2) is 12.1 Å². The van der Waals surface area contributed by atoms with Crippen molar-refractivity contribution in [2.45, 2.75) is 12.7 Å². The van der Waals surface area contributed by atoms with E-state index >= 15 is 0 Å². The van der Waals surface area contributed by atoms with Crippen molar-refractivity contribution >= 4 is 5.97 Å². The maximum absolute atomic E-state index is 13.0. The second kappa shape index (κ2) is 5.70. The summed E-state index contributed by atoms with van der Waals surface area (Å²) in [7, 11) is 2.38. The van der Waals surface area contributed by atoms with E-state index in [1.807, 2.05) is 0 Å². The molecule has 0 saturated heterocycles. The SMILES string of the molecule is COC(=O)Cc1cc(F)c(F)cc1C(O)OC. The number of rotatable bonds is 4. The number of methoxy groups -OCH3 is 2. The second-order valence-corrected chi connectivity index (χ2v) is 3.31. The highest BCUT2D eigenvalue weighted by Crippen LogP contribution is 2.22. The van der Waals surface area contributed by atoms with Crippen molar-refractivity contribution in [3.63, 3.8) is 0 Å². The minimum absolute atomic E-state index is 0.00296. The van der Waals surface area contributed by atoms with E-state index in [0.29, 0.717) is 0 Å². The minimum atomic E-state index is -1.43. The third-order valence-electron chi connectivity index (χ3n) is 2.23. The van der Waals surface area contributed by atoms with Gasteiger partial charge in [-0.25, -0.2) is 8.78 Å². The van der Waals surface area contributed by atoms with E-state index < -0.39 is 23.9 Å². The van der Waals surface area contributed by atoms with Gasteiger partial charge in [-0.1, -0.05) is 0 Å². The van der Waals surface area contributed by atoms with Gasteiger partial charge in [-0.15, -0.1) is 0 Å². The third kappa shape index (κ3) is 3.21. The molecule has 0 heterocycles. The van der Waals surface area contributed by atoms with Crippen LogP contribution in [0.5, 0.6) is 0 Å². The lowest BCUT2D eigenvalue weighted by Gasteiger charge is -2.14. The zero-order chi connectivity index (χ0) is 13.0. The second-order valence-electron chi connectivity index (χ2n) is 3.31. The Morgan fingerprint density at radius 1 is 1.35 bits per heavy atom. The minimum Gasteiger partial charge on any atom is -0.469 e. The standard InChI is InChI=1S/C11H12F2O4/c1-16-10(14)4-6-3-8(12)9(13)5-7(6)11(15)17-2/h3,5,11,15H,4H2,1-2H3. The first kappa shape index (κ1) is 13.5. The Labute approximate surface area is 96.8 Å². The van der Waals surface area contributed by atoms with Gasteiger partial charge in [-0.2, -0.15) is 0 Å². The fourth-order valence-corrected chi connectivity index (χ4v) is 1.34. The summed E-state index contributed by atoms with van der Waals surface area (Å²) in [5, 5.41) is 9.45. The van der Waals surface area contributed by atoms with E-state index in [1.165, 1.54) is 14.2 Å². The molecule has 1 atom stereocenters. The van der Waals surface area contributed by atoms with Crippen molar-refractivity contribution in [2.75, 3.05) is 14.2 Å². The van der Waals surface area contributed by atoms with Crippen LogP contribution in [-0.4, -0.2) is 25.3 Å². The highest BCUT2D eigenvalue weighted by Gasteiger charge is 2.18. The van der Waals surface area contributed by atoms with Crippen molar-refractivity contribution < 1.29 is 28.2 Å². The van der Waals surface area contributed by atoms with Gasteiger partial charge < -0.3 is 14.6 Å². The van der Waals surface area contributed by atoms with Gasteiger partial charge >= 0.3 is 5.97 Å². The Kier molecular flexibility index (Phi) is 4.53. The fourth-order valence-electron chi connectivity index (χ4n) is 1.34. The predicted molar refractivity (Wildman–Crippen MR) is 54.0 cm³/mol. The van der Waals surface area contributed by atoms with Gasteiger partial charge in [-0.05, 0) is 17.7 Å². The molecule has 0 bridgehead atoms. The molecule has 1 N–H and O–H groups in total. The number of carbonyl (C=O) groups excluding carboxylic acids is 1. The van der Waals surface area contributed by atoms with E-state index in [0.717, 1.165) is 12.1 Å². The maximum Gasteiger partial charge on any atom is 0.309 e. The van der Waals surface area contributed by atoms with Crippen LogP contribution in [0, 0.1) is 11.6 Å². The van der Waals surface area contributed by atoms with E-state index in [9.17, 15) is 18.7 Å². The first-order valence-electron chi connectivity index (χ1n) is 4.75. The van der Waals surface area contributed by atoms with Gasteiger partial charge in [0.25, 0.3) is 0 Å². The van der Waals surface area contributed by atoms with Crippen molar-refractivity contribution in [3.05, 3.63) is 34.9 Å². The summed E-state index contributed by atoms with van der Waals surface area (Å²) in [5.74, 6) is -2.85. The summed E-state index contributed by atoms with van der Waals surface area (Å²) in [6.07, 6.45) is -1.70. The average Bonchev–Trinajstić information content (AvgIpc) is 2.32. The first-order chi connectivity index (χ1) is 7.99. The van der Waals surface area contributed by atoms with Crippen LogP contribution in [0.3, 0.4) is 0 Å². The van der Waals surface area contributed by atoms with Gasteiger partial charge in [0.2, 0.25) is 0 Å². The largest absolute Gasteiger partial charge is 0.469 e. The Balaban J connectivity index is 3.16. The topological polar surface area (TPSA) is 55.8 Å². The molecule has 0 amide bonds. The number of halogens is 2. The molecule has 1 aromatic rings. The molecule has 0 saturated carbocycles. The normalized spacial score (nSPS) is 12.3. The number of aliphatic hydroxyl groups excluding tert-OH is 1. The van der Waals surface area contributed by atoms with Gasteiger partial charge in [0.05, 0.1) is 13.5 Å². The molecule has 6 heteroatoms. The number of benzene rings is 1. The molecular weight excluding hydrogens is 234 g/mol. The van der Waals surface area contributed by atoms with E-state index in [4.69, 9.17) is 0 Å². The molecule has 17 heavy (non-hydrogen) atoms. The number of carbonyl (C=O) groups is 1. The fraction of sp³-hybridized carbons (Fsp3) is 0.364. The van der Waals surface area contributed by atoms with Crippen molar-refractivity contribution in [1.82, 2.24) is 0 Å². The quantitative estimate of drug-likeness (QED) is 0.643. The van der Waals surface area contributed by atoms with Crippen LogP contribution in [0.25, 0.3) is 0 Å². The zero-order valence-electron chi connectivity index (χ0n) is 9.37. The zero-order valence-corrected chi connectivity index (χ0v) is 9.37. The molecule has 0 aliphatic carbocycles. The molecule has 0 aliphatic rings. The summed E-state index contributed by atoms with van der Waals surface area (Å²) < 4.78 is 35.1. The van der Waals surface area contributed by atoms with Crippen LogP contribution in [0.4, 0.5) is 8.78 Å². The summed E-state index contributed by atoms with van der Waals surface area (Å²) in [6, 6.07) is 1.63. The van der Waals surface area contributed by atoms with Crippen LogP contribution in [0.1, 0.15) is 17.4 Å². The first-order valence-corrected chi connectivity index (χ1v) is 4.75. The molecule has 0 radical (unpaired) electrons. The van der Waals surface area contributed by atoms with Gasteiger partial charge in [0.1, 0.15) is 0 Å². The summed E-state index contributed by atoms with van der Waals surface area (Å²) in [5.41, 5.74) is 0.113. The van der Waals surface area contributed by atoms with Gasteiger partial charge in [-0.3, -0.25) is 4.79 Å². The highest BCUT2D eigenvalue weighted by molar-refractivity contribution is 5.72. The smallest absolute Gasteiger partial charge is 0.309 e. The Hall–Kier alpha value is -1.53. The van der Waals surface area contributed by atoms with Crippen LogP contribution >= 0.6 is 0 Å². The van der Waals surface area contributed by atoms with Crippen LogP contribution < -0.4 is 0 Å². The number of aliphatic hydroxyl groups is 1. The van der Waals surface area contributed by atoms with E-state index in [2.05, 4.69) is 9.47 Å². The molecule has 0 fully saturated rings. The molecule has 94 valence electrons. The van der Waals surface area contributed by atoms with E-state index in [-0.39, 0.29) is 17.5 Å². The summed E-state index contributed by atoms with van der Waals surface area (Å²) in [6.45, 7) is 0. The number of hydrogen-bond acceptors (Lipinski definition) is 4. The van der Waals surface area contributed by atoms with Crippen LogP contribution in [-0.2, 0) is 20.7 Å². The summed E-state index contributed by atoms with van der Waals surface area (Å²) in [4.78, 5) is 11.1. The summed E-state index contributed by atoms with van der Waals surface area (Å²) >= 11 is 0. The number of hydrogen-bond donors (Lipinski definition) is 1. The van der Waals surface area contributed by atoms with Gasteiger partial charge in [0, 0.05) is 12.7 Å². The number of esters is 1. The molecule has 0 aliphatic heterocycles. The van der Waals surface area contributed by atoms with Gasteiger partial charge in [0.15, 0.2) is 17.9 Å². The molecule has 0 aromatic heterocycles. The molecule has 1 unspecified atom stereocenters. The average molecular weight is 246 g/mol. The Bertz CT molecular complexity index is 420. The predicted octanol–water partition coefficient (Wildman–Crippen LogP) is 1.32. The molecular formula is C11H12F2O4. The highest BCUT2D eigenvalue weighted by atomic mass is 19.2. The molecule has 1 rings (SSSR count). The Morgan fingerprint density at radius 3 is 2.47 bits per heavy atom. The van der Waals surface area contributed by atoms with Crippen molar-refractivity contribution in [3.8, 4) is 0 Å². The lowest BCUT2D eigenvalue weighted by molar-refractivity contribution is -0.139. The van der Waals surface area contributed by atoms with E-state index in [1.54, 1.807) is 0 Å². The maximum atomic E-state index is 13.0. The van der Waals surface area contributed by atoms with Crippen molar-refractivity contribution in [1.29, 1.82) is 0 Å². The lowest BCUT2D eigenvalue weighted by atomic mass is 10.0. The molecule has 1 aromatic carbocycles. The van der Waals surface area contributed by atoms with Crippen molar-refractivity contribution in [2.24, 2.45) is 0 Å². The number of ether oxygens (including phenoxy) is 2. The molecule has 4 nitrogen and oxygen atoms in total. The molecule has 0 spiro atoms. The van der Waals surface area contributed by atoms with Crippen LogP contribution in [0.2, 0.25) is 0 Å². The monoisotopic (exact) mass is 246 g/mol. The lowest BCUT2D eigenvalue weighted by Crippen LogP contribution is -2.11. The third-order valence-corrected chi connectivity index (χ3v) is 2.23. The Morgan fingerprint density at radius 2 is 1.94 bits per heavy atom.